The first-order valence-corrected chi connectivity index (χ1v) is 7.31. The smallest absolute Gasteiger partial charge is 0.251 e. The van der Waals surface area contributed by atoms with Crippen LogP contribution in [0.4, 0.5) is 0 Å². The van der Waals surface area contributed by atoms with E-state index in [1.54, 1.807) is 0 Å². The van der Waals surface area contributed by atoms with Gasteiger partial charge in [0, 0.05) is 22.6 Å². The Balaban J connectivity index is 2.81. The second kappa shape index (κ2) is 7.06. The topological polar surface area (TPSA) is 32.3 Å². The number of likely N-dealkylation sites (N-methyl/N-ethyl adjacent to an activating group) is 1. The third-order valence-corrected chi connectivity index (χ3v) is 3.45. The standard InChI is InChI=1S/C15H23BrN2O/c1-10(2)14(9-18(4)5)17-15(19)12-6-11(3)7-13(16)8-12/h6-8,10,14H,9H2,1-5H3,(H,17,19). The minimum Gasteiger partial charge on any atom is -0.348 e. The average molecular weight is 327 g/mol. The molecule has 1 unspecified atom stereocenters. The van der Waals surface area contributed by atoms with Crippen LogP contribution in [-0.4, -0.2) is 37.5 Å². The predicted octanol–water partition coefficient (Wildman–Crippen LogP) is 3.07. The van der Waals surface area contributed by atoms with Crippen molar-refractivity contribution in [3.05, 3.63) is 33.8 Å². The van der Waals surface area contributed by atoms with Crippen molar-refractivity contribution in [2.75, 3.05) is 20.6 Å². The first-order chi connectivity index (χ1) is 8.79. The van der Waals surface area contributed by atoms with E-state index in [-0.39, 0.29) is 11.9 Å². The van der Waals surface area contributed by atoms with Crippen molar-refractivity contribution in [1.82, 2.24) is 10.2 Å². The van der Waals surface area contributed by atoms with Gasteiger partial charge in [0.15, 0.2) is 0 Å². The fraction of sp³-hybridized carbons (Fsp3) is 0.533. The number of hydrogen-bond acceptors (Lipinski definition) is 2. The molecule has 0 aliphatic carbocycles. The van der Waals surface area contributed by atoms with Crippen LogP contribution in [0.1, 0.15) is 29.8 Å². The number of benzene rings is 1. The quantitative estimate of drug-likeness (QED) is 0.901. The summed E-state index contributed by atoms with van der Waals surface area (Å²) in [6.07, 6.45) is 0. The second-order valence-electron chi connectivity index (χ2n) is 5.60. The van der Waals surface area contributed by atoms with Crippen molar-refractivity contribution in [2.24, 2.45) is 5.92 Å². The van der Waals surface area contributed by atoms with Crippen LogP contribution in [0.2, 0.25) is 0 Å². The van der Waals surface area contributed by atoms with Gasteiger partial charge in [0.1, 0.15) is 0 Å². The van der Waals surface area contributed by atoms with Crippen molar-refractivity contribution in [3.8, 4) is 0 Å². The Labute approximate surface area is 124 Å². The maximum Gasteiger partial charge on any atom is 0.251 e. The van der Waals surface area contributed by atoms with Crippen LogP contribution in [-0.2, 0) is 0 Å². The van der Waals surface area contributed by atoms with Gasteiger partial charge in [-0.25, -0.2) is 0 Å². The lowest BCUT2D eigenvalue weighted by molar-refractivity contribution is 0.0916. The molecule has 0 spiro atoms. The van der Waals surface area contributed by atoms with E-state index in [2.05, 4.69) is 40.0 Å². The molecule has 1 amide bonds. The summed E-state index contributed by atoms with van der Waals surface area (Å²) in [6, 6.07) is 5.92. The Morgan fingerprint density at radius 1 is 1.32 bits per heavy atom. The van der Waals surface area contributed by atoms with Gasteiger partial charge in [0.25, 0.3) is 5.91 Å². The Hall–Kier alpha value is -0.870. The largest absolute Gasteiger partial charge is 0.348 e. The van der Waals surface area contributed by atoms with E-state index < -0.39 is 0 Å². The van der Waals surface area contributed by atoms with E-state index in [0.29, 0.717) is 11.5 Å². The highest BCUT2D eigenvalue weighted by molar-refractivity contribution is 9.10. The normalized spacial score (nSPS) is 12.8. The van der Waals surface area contributed by atoms with Gasteiger partial charge in [0.2, 0.25) is 0 Å². The SMILES string of the molecule is Cc1cc(Br)cc(C(=O)NC(CN(C)C)C(C)C)c1. The fourth-order valence-electron chi connectivity index (χ4n) is 1.94. The number of halogens is 1. The highest BCUT2D eigenvalue weighted by Gasteiger charge is 2.18. The number of carbonyl (C=O) groups excluding carboxylic acids is 1. The maximum absolute atomic E-state index is 12.3. The van der Waals surface area contributed by atoms with Crippen LogP contribution in [0.5, 0.6) is 0 Å². The van der Waals surface area contributed by atoms with E-state index in [1.165, 1.54) is 0 Å². The highest BCUT2D eigenvalue weighted by atomic mass is 79.9. The molecule has 1 aromatic carbocycles. The van der Waals surface area contributed by atoms with Crippen LogP contribution in [0, 0.1) is 12.8 Å². The molecular weight excluding hydrogens is 304 g/mol. The summed E-state index contributed by atoms with van der Waals surface area (Å²) in [7, 11) is 4.04. The minimum absolute atomic E-state index is 0.00931. The summed E-state index contributed by atoms with van der Waals surface area (Å²) in [6.45, 7) is 7.08. The van der Waals surface area contributed by atoms with Gasteiger partial charge >= 0.3 is 0 Å². The first kappa shape index (κ1) is 16.2. The molecule has 19 heavy (non-hydrogen) atoms. The zero-order valence-corrected chi connectivity index (χ0v) is 13.9. The van der Waals surface area contributed by atoms with E-state index in [9.17, 15) is 4.79 Å². The van der Waals surface area contributed by atoms with Gasteiger partial charge in [-0.2, -0.15) is 0 Å². The van der Waals surface area contributed by atoms with E-state index in [0.717, 1.165) is 16.6 Å². The Kier molecular flexibility index (Phi) is 6.01. The summed E-state index contributed by atoms with van der Waals surface area (Å²) in [5.41, 5.74) is 1.78. The molecule has 4 heteroatoms. The van der Waals surface area contributed by atoms with Gasteiger partial charge in [-0.15, -0.1) is 0 Å². The van der Waals surface area contributed by atoms with Crippen molar-refractivity contribution in [1.29, 1.82) is 0 Å². The van der Waals surface area contributed by atoms with E-state index in [1.807, 2.05) is 39.2 Å². The molecule has 106 valence electrons. The lowest BCUT2D eigenvalue weighted by atomic mass is 10.0. The van der Waals surface area contributed by atoms with Crippen molar-refractivity contribution in [3.63, 3.8) is 0 Å². The average Bonchev–Trinajstić information content (AvgIpc) is 2.25. The van der Waals surface area contributed by atoms with Crippen LogP contribution >= 0.6 is 15.9 Å². The molecule has 0 aliphatic heterocycles. The molecule has 0 bridgehead atoms. The number of carbonyl (C=O) groups is 1. The lowest BCUT2D eigenvalue weighted by Crippen LogP contribution is -2.45. The molecule has 1 N–H and O–H groups in total. The molecule has 0 saturated heterocycles. The predicted molar refractivity (Wildman–Crippen MR) is 83.5 cm³/mol. The Bertz CT molecular complexity index is 424. The monoisotopic (exact) mass is 326 g/mol. The zero-order valence-electron chi connectivity index (χ0n) is 12.3. The zero-order chi connectivity index (χ0) is 14.6. The number of rotatable bonds is 5. The van der Waals surface area contributed by atoms with Gasteiger partial charge in [-0.1, -0.05) is 29.8 Å². The van der Waals surface area contributed by atoms with Crippen LogP contribution in [0.15, 0.2) is 22.7 Å². The van der Waals surface area contributed by atoms with E-state index in [4.69, 9.17) is 0 Å². The molecule has 1 atom stereocenters. The summed E-state index contributed by atoms with van der Waals surface area (Å²) in [5, 5.41) is 3.12. The van der Waals surface area contributed by atoms with Crippen LogP contribution in [0.25, 0.3) is 0 Å². The first-order valence-electron chi connectivity index (χ1n) is 6.52. The molecule has 3 nitrogen and oxygen atoms in total. The van der Waals surface area contributed by atoms with E-state index >= 15 is 0 Å². The third-order valence-electron chi connectivity index (χ3n) is 2.99. The molecule has 1 rings (SSSR count). The van der Waals surface area contributed by atoms with Crippen LogP contribution < -0.4 is 5.32 Å². The van der Waals surface area contributed by atoms with Crippen molar-refractivity contribution < 1.29 is 4.79 Å². The Morgan fingerprint density at radius 2 is 1.95 bits per heavy atom. The molecule has 0 fully saturated rings. The van der Waals surface area contributed by atoms with Crippen molar-refractivity contribution >= 4 is 21.8 Å². The molecule has 0 aliphatic rings. The minimum atomic E-state index is -0.00931. The molecule has 0 radical (unpaired) electrons. The summed E-state index contributed by atoms with van der Waals surface area (Å²) in [4.78, 5) is 14.4. The third kappa shape index (κ3) is 5.33. The summed E-state index contributed by atoms with van der Waals surface area (Å²) in [5.74, 6) is 0.393. The number of nitrogens with zero attached hydrogens (tertiary/aromatic N) is 1. The number of aryl methyl sites for hydroxylation is 1. The van der Waals surface area contributed by atoms with Gasteiger partial charge < -0.3 is 10.2 Å². The number of amides is 1. The second-order valence-corrected chi connectivity index (χ2v) is 6.52. The molecule has 1 aromatic rings. The molecule has 0 saturated carbocycles. The number of nitrogens with one attached hydrogen (secondary N) is 1. The van der Waals surface area contributed by atoms with Gasteiger partial charge in [0.05, 0.1) is 0 Å². The van der Waals surface area contributed by atoms with Gasteiger partial charge in [-0.3, -0.25) is 4.79 Å². The van der Waals surface area contributed by atoms with Crippen molar-refractivity contribution in [2.45, 2.75) is 26.8 Å². The Morgan fingerprint density at radius 3 is 2.42 bits per heavy atom. The summed E-state index contributed by atoms with van der Waals surface area (Å²) >= 11 is 3.43. The molecule has 0 aromatic heterocycles. The van der Waals surface area contributed by atoms with Crippen LogP contribution in [0.3, 0.4) is 0 Å². The molecule has 0 heterocycles. The summed E-state index contributed by atoms with van der Waals surface area (Å²) < 4.78 is 0.936. The lowest BCUT2D eigenvalue weighted by Gasteiger charge is -2.25. The highest BCUT2D eigenvalue weighted by Crippen LogP contribution is 2.16. The maximum atomic E-state index is 12.3. The van der Waals surface area contributed by atoms with Gasteiger partial charge in [-0.05, 0) is 50.7 Å². The number of hydrogen-bond donors (Lipinski definition) is 1. The fourth-order valence-corrected chi connectivity index (χ4v) is 2.54. The molecular formula is C15H23BrN2O.